The zero-order chi connectivity index (χ0) is 17.5. The molecule has 0 atom stereocenters. The van der Waals surface area contributed by atoms with E-state index in [1.165, 1.54) is 6.07 Å². The van der Waals surface area contributed by atoms with Crippen LogP contribution < -0.4 is 0 Å². The average Bonchev–Trinajstić information content (AvgIpc) is 2.48. The number of carbonyl (C=O) groups is 1. The maximum atomic E-state index is 13.0. The van der Waals surface area contributed by atoms with Crippen molar-refractivity contribution in [3.8, 4) is 0 Å². The van der Waals surface area contributed by atoms with Gasteiger partial charge in [0.25, 0.3) is 5.24 Å². The Morgan fingerprint density at radius 1 is 1.39 bits per heavy atom. The van der Waals surface area contributed by atoms with Crippen molar-refractivity contribution in [2.75, 3.05) is 0 Å². The van der Waals surface area contributed by atoms with Crippen LogP contribution in [-0.4, -0.2) is 11.6 Å². The van der Waals surface area contributed by atoms with Crippen molar-refractivity contribution in [3.63, 3.8) is 0 Å². The molecule has 1 aromatic carbocycles. The second-order valence-electron chi connectivity index (χ2n) is 4.48. The first kappa shape index (κ1) is 19.0. The first-order valence-electron chi connectivity index (χ1n) is 6.60. The highest BCUT2D eigenvalue weighted by Crippen LogP contribution is 2.34. The average molecular weight is 346 g/mol. The van der Waals surface area contributed by atoms with Gasteiger partial charge >= 0.3 is 6.18 Å². The van der Waals surface area contributed by atoms with E-state index in [1.807, 2.05) is 6.92 Å². The van der Waals surface area contributed by atoms with Crippen LogP contribution in [-0.2, 0) is 17.5 Å². The standard InChI is InChI=1S/C16H15ClF3NO2/c1-3-4-6-11(2)21-10-23-9-13-12(15(17)22)7-5-8-14(13)16(18,19)20/h3-8,10H,9H2,1-2H3/b4-3-,11-6-,21-10?. The molecular formula is C16H15ClF3NO2. The molecule has 124 valence electrons. The van der Waals surface area contributed by atoms with E-state index >= 15 is 0 Å². The van der Waals surface area contributed by atoms with Crippen LogP contribution in [0.3, 0.4) is 0 Å². The van der Waals surface area contributed by atoms with Gasteiger partial charge in [0.05, 0.1) is 5.56 Å². The third-order valence-corrected chi connectivity index (χ3v) is 2.99. The van der Waals surface area contributed by atoms with E-state index in [4.69, 9.17) is 16.3 Å². The monoisotopic (exact) mass is 345 g/mol. The van der Waals surface area contributed by atoms with Crippen molar-refractivity contribution in [3.05, 3.63) is 58.8 Å². The summed E-state index contributed by atoms with van der Waals surface area (Å²) in [6.07, 6.45) is 1.69. The molecule has 0 fully saturated rings. The molecule has 0 aliphatic rings. The molecule has 0 aliphatic carbocycles. The largest absolute Gasteiger partial charge is 0.478 e. The molecular weight excluding hydrogens is 331 g/mol. The topological polar surface area (TPSA) is 38.7 Å². The predicted molar refractivity (Wildman–Crippen MR) is 83.5 cm³/mol. The van der Waals surface area contributed by atoms with Gasteiger partial charge in [-0.15, -0.1) is 0 Å². The van der Waals surface area contributed by atoms with Crippen LogP contribution in [0, 0.1) is 0 Å². The molecule has 0 aromatic heterocycles. The third kappa shape index (κ3) is 5.90. The van der Waals surface area contributed by atoms with E-state index in [9.17, 15) is 18.0 Å². The number of alkyl halides is 3. The van der Waals surface area contributed by atoms with Gasteiger partial charge in [-0.1, -0.05) is 18.2 Å². The maximum absolute atomic E-state index is 13.0. The van der Waals surface area contributed by atoms with Gasteiger partial charge in [-0.05, 0) is 43.7 Å². The van der Waals surface area contributed by atoms with Crippen LogP contribution in [0.15, 0.2) is 47.1 Å². The summed E-state index contributed by atoms with van der Waals surface area (Å²) < 4.78 is 44.1. The smallest absolute Gasteiger partial charge is 0.416 e. The summed E-state index contributed by atoms with van der Waals surface area (Å²) in [5.41, 5.74) is -0.906. The number of halogens is 4. The molecule has 7 heteroatoms. The van der Waals surface area contributed by atoms with E-state index < -0.39 is 23.6 Å². The molecule has 0 amide bonds. The summed E-state index contributed by atoms with van der Waals surface area (Å²) in [5, 5.41) is -0.976. The fourth-order valence-corrected chi connectivity index (χ4v) is 1.89. The van der Waals surface area contributed by atoms with Crippen molar-refractivity contribution in [2.24, 2.45) is 4.99 Å². The number of allylic oxidation sites excluding steroid dienone is 4. The highest BCUT2D eigenvalue weighted by molar-refractivity contribution is 6.67. The Labute approximate surface area is 137 Å². The Kier molecular flexibility index (Phi) is 7.03. The normalized spacial score (nSPS) is 13.0. The van der Waals surface area contributed by atoms with Crippen LogP contribution in [0.5, 0.6) is 0 Å². The molecule has 0 unspecified atom stereocenters. The zero-order valence-corrected chi connectivity index (χ0v) is 13.3. The molecule has 0 saturated carbocycles. The summed E-state index contributed by atoms with van der Waals surface area (Å²) in [5.74, 6) is 0. The minimum atomic E-state index is -4.61. The molecule has 1 rings (SSSR count). The molecule has 0 saturated heterocycles. The zero-order valence-electron chi connectivity index (χ0n) is 12.5. The summed E-state index contributed by atoms with van der Waals surface area (Å²) in [4.78, 5) is 15.2. The van der Waals surface area contributed by atoms with E-state index in [2.05, 4.69) is 4.99 Å². The fourth-order valence-electron chi connectivity index (χ4n) is 1.71. The quantitative estimate of drug-likeness (QED) is 0.311. The van der Waals surface area contributed by atoms with Crippen molar-refractivity contribution < 1.29 is 22.7 Å². The number of carbonyl (C=O) groups excluding carboxylic acids is 1. The van der Waals surface area contributed by atoms with Gasteiger partial charge in [0.15, 0.2) is 6.40 Å². The number of nitrogens with zero attached hydrogens (tertiary/aromatic N) is 1. The highest BCUT2D eigenvalue weighted by Gasteiger charge is 2.34. The van der Waals surface area contributed by atoms with Gasteiger partial charge in [-0.3, -0.25) is 4.79 Å². The molecule has 3 nitrogen and oxygen atoms in total. The molecule has 0 radical (unpaired) electrons. The minimum Gasteiger partial charge on any atom is -0.478 e. The van der Waals surface area contributed by atoms with Gasteiger partial charge < -0.3 is 4.74 Å². The van der Waals surface area contributed by atoms with Crippen molar-refractivity contribution in [2.45, 2.75) is 26.6 Å². The van der Waals surface area contributed by atoms with Crippen LogP contribution in [0.2, 0.25) is 0 Å². The van der Waals surface area contributed by atoms with Crippen LogP contribution in [0.4, 0.5) is 13.2 Å². The third-order valence-electron chi connectivity index (χ3n) is 2.78. The van der Waals surface area contributed by atoms with Crippen LogP contribution in [0.25, 0.3) is 0 Å². The molecule has 0 spiro atoms. The lowest BCUT2D eigenvalue weighted by Crippen LogP contribution is -2.13. The van der Waals surface area contributed by atoms with E-state index in [0.717, 1.165) is 18.5 Å². The molecule has 1 aromatic rings. The number of benzene rings is 1. The summed E-state index contributed by atoms with van der Waals surface area (Å²) in [6, 6.07) is 3.22. The number of aliphatic imine (C=N–C) groups is 1. The van der Waals surface area contributed by atoms with Crippen molar-refractivity contribution >= 4 is 23.2 Å². The Balaban J connectivity index is 2.99. The Morgan fingerprint density at radius 3 is 2.65 bits per heavy atom. The minimum absolute atomic E-state index is 0.240. The molecule has 0 N–H and O–H groups in total. The van der Waals surface area contributed by atoms with E-state index in [1.54, 1.807) is 25.2 Å². The number of hydrogen-bond donors (Lipinski definition) is 0. The first-order valence-corrected chi connectivity index (χ1v) is 6.97. The lowest BCUT2D eigenvalue weighted by atomic mass is 10.0. The van der Waals surface area contributed by atoms with Crippen LogP contribution >= 0.6 is 11.6 Å². The summed E-state index contributed by atoms with van der Waals surface area (Å²) in [6.45, 7) is 3.07. The molecule has 0 bridgehead atoms. The van der Waals surface area contributed by atoms with Gasteiger partial charge in [0.1, 0.15) is 6.61 Å². The summed E-state index contributed by atoms with van der Waals surface area (Å²) in [7, 11) is 0. The van der Waals surface area contributed by atoms with Crippen LogP contribution in [0.1, 0.15) is 35.3 Å². The number of ether oxygens (including phenoxy) is 1. The van der Waals surface area contributed by atoms with Gasteiger partial charge in [0, 0.05) is 16.8 Å². The first-order chi connectivity index (χ1) is 10.8. The Hall–Kier alpha value is -2.08. The number of rotatable bonds is 6. The van der Waals surface area contributed by atoms with Crippen molar-refractivity contribution in [1.82, 2.24) is 0 Å². The number of hydrogen-bond acceptors (Lipinski definition) is 3. The maximum Gasteiger partial charge on any atom is 0.416 e. The van der Waals surface area contributed by atoms with E-state index in [-0.39, 0.29) is 11.1 Å². The van der Waals surface area contributed by atoms with Crippen molar-refractivity contribution in [1.29, 1.82) is 0 Å². The van der Waals surface area contributed by atoms with Gasteiger partial charge in [0.2, 0.25) is 0 Å². The Bertz CT molecular complexity index is 649. The summed E-state index contributed by atoms with van der Waals surface area (Å²) >= 11 is 5.34. The highest BCUT2D eigenvalue weighted by atomic mass is 35.5. The second kappa shape index (κ2) is 8.53. The van der Waals surface area contributed by atoms with Gasteiger partial charge in [-0.2, -0.15) is 13.2 Å². The molecule has 0 heterocycles. The molecule has 23 heavy (non-hydrogen) atoms. The van der Waals surface area contributed by atoms with E-state index in [0.29, 0.717) is 5.70 Å². The second-order valence-corrected chi connectivity index (χ2v) is 4.83. The SMILES string of the molecule is C/C=C\C=C(\C)N=COCc1c(C(=O)Cl)cccc1C(F)(F)F. The lowest BCUT2D eigenvalue weighted by Gasteiger charge is -2.14. The van der Waals surface area contributed by atoms with Gasteiger partial charge in [-0.25, -0.2) is 4.99 Å². The molecule has 0 aliphatic heterocycles. The predicted octanol–water partition coefficient (Wildman–Crippen LogP) is 5.11. The lowest BCUT2D eigenvalue weighted by molar-refractivity contribution is -0.138. The Morgan fingerprint density at radius 2 is 2.09 bits per heavy atom. The fraction of sp³-hybridized carbons (Fsp3) is 0.250.